The number of rotatable bonds is 8. The van der Waals surface area contributed by atoms with Crippen LogP contribution >= 0.6 is 0 Å². The van der Waals surface area contributed by atoms with Crippen molar-refractivity contribution in [3.05, 3.63) is 59.4 Å². The third kappa shape index (κ3) is 6.24. The smallest absolute Gasteiger partial charge is 0.126 e. The van der Waals surface area contributed by atoms with E-state index in [9.17, 15) is 4.39 Å². The van der Waals surface area contributed by atoms with E-state index >= 15 is 0 Å². The summed E-state index contributed by atoms with van der Waals surface area (Å²) in [5, 5.41) is 0. The minimum atomic E-state index is -0.108. The fourth-order valence-corrected chi connectivity index (χ4v) is 4.99. The second kappa shape index (κ2) is 11.5. The Bertz CT molecular complexity index is 806. The summed E-state index contributed by atoms with van der Waals surface area (Å²) in [7, 11) is 1.63. The standard InChI is InChI=1S/C26H33FO2.C2H6/c1-3-24(19-11-12-19)21-5-4-6-23(15-21)29-17-18-7-9-20(10-8-18)25-16-22(28-2)13-14-26(25)27;1-2/h4-6,13-16,18-20,24H,3,7-12,17H2,1-2H3;1-2H3. The fourth-order valence-electron chi connectivity index (χ4n) is 4.99. The maximum atomic E-state index is 14.3. The largest absolute Gasteiger partial charge is 0.497 e. The molecule has 170 valence electrons. The van der Waals surface area contributed by atoms with Gasteiger partial charge in [-0.25, -0.2) is 4.39 Å². The maximum absolute atomic E-state index is 14.3. The summed E-state index contributed by atoms with van der Waals surface area (Å²) in [4.78, 5) is 0. The zero-order valence-electron chi connectivity index (χ0n) is 19.7. The van der Waals surface area contributed by atoms with Gasteiger partial charge in [-0.15, -0.1) is 0 Å². The summed E-state index contributed by atoms with van der Waals surface area (Å²) >= 11 is 0. The van der Waals surface area contributed by atoms with Crippen LogP contribution in [0.5, 0.6) is 11.5 Å². The maximum Gasteiger partial charge on any atom is 0.126 e. The molecule has 0 spiro atoms. The SMILES string of the molecule is CC.CCC(c1cccc(OCC2CCC(c3cc(OC)ccc3F)CC2)c1)C1CC1. The Morgan fingerprint density at radius 3 is 2.32 bits per heavy atom. The van der Waals surface area contributed by atoms with Crippen molar-refractivity contribution in [2.24, 2.45) is 11.8 Å². The van der Waals surface area contributed by atoms with Gasteiger partial charge in [-0.3, -0.25) is 0 Å². The third-order valence-corrected chi connectivity index (χ3v) is 6.89. The van der Waals surface area contributed by atoms with Gasteiger partial charge in [0.1, 0.15) is 17.3 Å². The Balaban J connectivity index is 0.00000132. The van der Waals surface area contributed by atoms with Crippen molar-refractivity contribution in [1.29, 1.82) is 0 Å². The first-order valence-corrected chi connectivity index (χ1v) is 12.2. The van der Waals surface area contributed by atoms with E-state index in [4.69, 9.17) is 9.47 Å². The molecule has 0 aliphatic heterocycles. The molecular formula is C28H39FO2. The third-order valence-electron chi connectivity index (χ3n) is 6.89. The first-order chi connectivity index (χ1) is 15.2. The Labute approximate surface area is 188 Å². The molecule has 4 rings (SSSR count). The second-order valence-corrected chi connectivity index (χ2v) is 8.84. The van der Waals surface area contributed by atoms with Crippen LogP contribution in [0, 0.1) is 17.7 Å². The van der Waals surface area contributed by atoms with E-state index in [2.05, 4.69) is 31.2 Å². The van der Waals surface area contributed by atoms with Gasteiger partial charge < -0.3 is 9.47 Å². The molecule has 0 heterocycles. The van der Waals surface area contributed by atoms with Gasteiger partial charge in [0.05, 0.1) is 13.7 Å². The monoisotopic (exact) mass is 426 g/mol. The highest BCUT2D eigenvalue weighted by atomic mass is 19.1. The van der Waals surface area contributed by atoms with Crippen LogP contribution in [0.1, 0.15) is 88.7 Å². The van der Waals surface area contributed by atoms with Crippen molar-refractivity contribution in [3.8, 4) is 11.5 Å². The minimum Gasteiger partial charge on any atom is -0.497 e. The van der Waals surface area contributed by atoms with Crippen molar-refractivity contribution >= 4 is 0 Å². The molecule has 0 saturated heterocycles. The van der Waals surface area contributed by atoms with Crippen LogP contribution in [0.15, 0.2) is 42.5 Å². The summed E-state index contributed by atoms with van der Waals surface area (Å²) in [5.74, 6) is 4.03. The Kier molecular flexibility index (Phi) is 8.80. The molecule has 2 aliphatic carbocycles. The number of benzene rings is 2. The number of methoxy groups -OCH3 is 1. The van der Waals surface area contributed by atoms with Crippen LogP contribution in [0.25, 0.3) is 0 Å². The summed E-state index contributed by atoms with van der Waals surface area (Å²) in [6.45, 7) is 7.05. The van der Waals surface area contributed by atoms with Crippen molar-refractivity contribution in [3.63, 3.8) is 0 Å². The Hall–Kier alpha value is -2.03. The number of ether oxygens (including phenoxy) is 2. The van der Waals surface area contributed by atoms with Crippen molar-refractivity contribution in [1.82, 2.24) is 0 Å². The van der Waals surface area contributed by atoms with Gasteiger partial charge in [-0.2, -0.15) is 0 Å². The molecule has 2 saturated carbocycles. The molecule has 2 aromatic rings. The van der Waals surface area contributed by atoms with E-state index in [1.54, 1.807) is 13.2 Å². The van der Waals surface area contributed by atoms with E-state index in [1.165, 1.54) is 30.9 Å². The molecule has 2 aromatic carbocycles. The van der Waals surface area contributed by atoms with Gasteiger partial charge in [-0.1, -0.05) is 32.9 Å². The summed E-state index contributed by atoms with van der Waals surface area (Å²) in [6.07, 6.45) is 8.15. The molecule has 0 bridgehead atoms. The molecule has 31 heavy (non-hydrogen) atoms. The van der Waals surface area contributed by atoms with E-state index in [1.807, 2.05) is 19.9 Å². The van der Waals surface area contributed by atoms with Crippen LogP contribution in [0.2, 0.25) is 0 Å². The minimum absolute atomic E-state index is 0.108. The lowest BCUT2D eigenvalue weighted by Gasteiger charge is -2.29. The number of halogens is 1. The quantitative estimate of drug-likeness (QED) is 0.424. The van der Waals surface area contributed by atoms with Crippen LogP contribution in [-0.2, 0) is 0 Å². The van der Waals surface area contributed by atoms with Crippen LogP contribution < -0.4 is 9.47 Å². The summed E-state index contributed by atoms with van der Waals surface area (Å²) in [6, 6.07) is 13.8. The molecule has 2 nitrogen and oxygen atoms in total. The summed E-state index contributed by atoms with van der Waals surface area (Å²) < 4.78 is 25.7. The van der Waals surface area contributed by atoms with Crippen LogP contribution in [-0.4, -0.2) is 13.7 Å². The van der Waals surface area contributed by atoms with Crippen molar-refractivity contribution < 1.29 is 13.9 Å². The van der Waals surface area contributed by atoms with Gasteiger partial charge in [0.2, 0.25) is 0 Å². The van der Waals surface area contributed by atoms with Gasteiger partial charge >= 0.3 is 0 Å². The molecule has 0 amide bonds. The number of hydrogen-bond donors (Lipinski definition) is 0. The van der Waals surface area contributed by atoms with Gasteiger partial charge in [-0.05, 0) is 110 Å². The van der Waals surface area contributed by atoms with E-state index < -0.39 is 0 Å². The first kappa shape index (κ1) is 23.6. The molecule has 1 atom stereocenters. The molecule has 2 aliphatic rings. The molecule has 2 fully saturated rings. The average Bonchev–Trinajstić information content (AvgIpc) is 3.66. The normalized spacial score (nSPS) is 21.6. The van der Waals surface area contributed by atoms with E-state index in [-0.39, 0.29) is 11.7 Å². The Morgan fingerprint density at radius 2 is 1.68 bits per heavy atom. The first-order valence-electron chi connectivity index (χ1n) is 12.2. The van der Waals surface area contributed by atoms with Crippen LogP contribution in [0.4, 0.5) is 4.39 Å². The van der Waals surface area contributed by atoms with Gasteiger partial charge in [0.15, 0.2) is 0 Å². The highest BCUT2D eigenvalue weighted by Crippen LogP contribution is 2.45. The summed E-state index contributed by atoms with van der Waals surface area (Å²) in [5.41, 5.74) is 2.24. The average molecular weight is 427 g/mol. The lowest BCUT2D eigenvalue weighted by atomic mass is 9.79. The predicted molar refractivity (Wildman–Crippen MR) is 127 cm³/mol. The highest BCUT2D eigenvalue weighted by molar-refractivity contribution is 5.33. The lowest BCUT2D eigenvalue weighted by molar-refractivity contribution is 0.199. The predicted octanol–water partition coefficient (Wildman–Crippen LogP) is 8.12. The molecule has 0 aromatic heterocycles. The van der Waals surface area contributed by atoms with E-state index in [0.717, 1.165) is 55.3 Å². The lowest BCUT2D eigenvalue weighted by Crippen LogP contribution is -2.20. The van der Waals surface area contributed by atoms with E-state index in [0.29, 0.717) is 11.8 Å². The zero-order valence-corrected chi connectivity index (χ0v) is 19.7. The molecule has 0 N–H and O–H groups in total. The Morgan fingerprint density at radius 1 is 0.935 bits per heavy atom. The molecule has 1 unspecified atom stereocenters. The van der Waals surface area contributed by atoms with Crippen LogP contribution in [0.3, 0.4) is 0 Å². The van der Waals surface area contributed by atoms with Crippen molar-refractivity contribution in [2.45, 2.75) is 77.6 Å². The highest BCUT2D eigenvalue weighted by Gasteiger charge is 2.31. The fraction of sp³-hybridized carbons (Fsp3) is 0.571. The number of hydrogen-bond acceptors (Lipinski definition) is 2. The topological polar surface area (TPSA) is 18.5 Å². The van der Waals surface area contributed by atoms with Gasteiger partial charge in [0.25, 0.3) is 0 Å². The molecule has 3 heteroatoms. The second-order valence-electron chi connectivity index (χ2n) is 8.84. The molecular weight excluding hydrogens is 387 g/mol. The zero-order chi connectivity index (χ0) is 22.2. The molecule has 0 radical (unpaired) electrons. The van der Waals surface area contributed by atoms with Crippen molar-refractivity contribution in [2.75, 3.05) is 13.7 Å². The van der Waals surface area contributed by atoms with Gasteiger partial charge in [0, 0.05) is 0 Å².